The molecule has 0 unspecified atom stereocenters. The Morgan fingerprint density at radius 1 is 1.18 bits per heavy atom. The second-order valence-corrected chi connectivity index (χ2v) is 6.88. The number of carbonyl (C=O) groups excluding carboxylic acids is 2. The Morgan fingerprint density at radius 2 is 2.00 bits per heavy atom. The van der Waals surface area contributed by atoms with Crippen LogP contribution in [-0.4, -0.2) is 30.5 Å². The standard InChI is InChI=1S/C19H16N2O6S/c1-26-15-4-2-3-12(7-15)10-20-18(22)11-27-19(23)17-9-13-8-14(21(24)25)5-6-16(13)28-17/h2-9H,10-11H2,1H3,(H,20,22). The van der Waals surface area contributed by atoms with E-state index in [0.29, 0.717) is 11.1 Å². The number of carbonyl (C=O) groups is 2. The maximum atomic E-state index is 12.2. The molecule has 1 heterocycles. The largest absolute Gasteiger partial charge is 0.497 e. The van der Waals surface area contributed by atoms with Gasteiger partial charge in [0, 0.05) is 28.8 Å². The zero-order chi connectivity index (χ0) is 20.1. The number of hydrogen-bond acceptors (Lipinski definition) is 7. The molecule has 1 amide bonds. The molecule has 0 aliphatic rings. The van der Waals surface area contributed by atoms with Gasteiger partial charge < -0.3 is 14.8 Å². The third kappa shape index (κ3) is 4.63. The van der Waals surface area contributed by atoms with Crippen molar-refractivity contribution in [2.24, 2.45) is 0 Å². The molecule has 2 aromatic carbocycles. The van der Waals surface area contributed by atoms with Crippen LogP contribution in [0.3, 0.4) is 0 Å². The molecular formula is C19H16N2O6S. The van der Waals surface area contributed by atoms with Gasteiger partial charge in [-0.05, 0) is 29.8 Å². The second-order valence-electron chi connectivity index (χ2n) is 5.79. The first-order chi connectivity index (χ1) is 13.5. The third-order valence-electron chi connectivity index (χ3n) is 3.87. The summed E-state index contributed by atoms with van der Waals surface area (Å²) in [4.78, 5) is 34.7. The van der Waals surface area contributed by atoms with Gasteiger partial charge in [0.15, 0.2) is 6.61 Å². The SMILES string of the molecule is COc1cccc(CNC(=O)COC(=O)c2cc3cc([N+](=O)[O-])ccc3s2)c1. The molecular weight excluding hydrogens is 384 g/mol. The number of benzene rings is 2. The van der Waals surface area contributed by atoms with Gasteiger partial charge in [-0.2, -0.15) is 0 Å². The number of thiophene rings is 1. The predicted octanol–water partition coefficient (Wildman–Crippen LogP) is 3.29. The van der Waals surface area contributed by atoms with Crippen molar-refractivity contribution in [1.82, 2.24) is 5.32 Å². The van der Waals surface area contributed by atoms with Crippen molar-refractivity contribution in [2.45, 2.75) is 6.54 Å². The molecule has 28 heavy (non-hydrogen) atoms. The van der Waals surface area contributed by atoms with Crippen molar-refractivity contribution in [2.75, 3.05) is 13.7 Å². The number of nitro benzene ring substituents is 1. The summed E-state index contributed by atoms with van der Waals surface area (Å²) in [6, 6.07) is 13.1. The molecule has 0 saturated carbocycles. The van der Waals surface area contributed by atoms with E-state index in [-0.39, 0.29) is 17.1 Å². The van der Waals surface area contributed by atoms with Gasteiger partial charge in [-0.3, -0.25) is 14.9 Å². The number of amides is 1. The van der Waals surface area contributed by atoms with Crippen LogP contribution in [-0.2, 0) is 16.1 Å². The lowest BCUT2D eigenvalue weighted by atomic mass is 10.2. The van der Waals surface area contributed by atoms with Gasteiger partial charge in [-0.25, -0.2) is 4.79 Å². The lowest BCUT2D eigenvalue weighted by Gasteiger charge is -2.07. The Morgan fingerprint density at radius 3 is 2.75 bits per heavy atom. The highest BCUT2D eigenvalue weighted by Gasteiger charge is 2.15. The number of fused-ring (bicyclic) bond motifs is 1. The van der Waals surface area contributed by atoms with E-state index in [0.717, 1.165) is 21.6 Å². The predicted molar refractivity (Wildman–Crippen MR) is 104 cm³/mol. The summed E-state index contributed by atoms with van der Waals surface area (Å²) < 4.78 is 10.9. The van der Waals surface area contributed by atoms with Gasteiger partial charge in [0.2, 0.25) is 0 Å². The molecule has 0 fully saturated rings. The smallest absolute Gasteiger partial charge is 0.348 e. The molecule has 0 spiro atoms. The summed E-state index contributed by atoms with van der Waals surface area (Å²) in [5, 5.41) is 14.1. The Balaban J connectivity index is 1.55. The number of rotatable bonds is 7. The van der Waals surface area contributed by atoms with E-state index in [9.17, 15) is 19.7 Å². The first-order valence-electron chi connectivity index (χ1n) is 8.21. The molecule has 0 bridgehead atoms. The number of esters is 1. The molecule has 8 nitrogen and oxygen atoms in total. The maximum Gasteiger partial charge on any atom is 0.348 e. The van der Waals surface area contributed by atoms with E-state index in [2.05, 4.69) is 5.32 Å². The third-order valence-corrected chi connectivity index (χ3v) is 4.97. The van der Waals surface area contributed by atoms with Crippen LogP contribution >= 0.6 is 11.3 Å². The summed E-state index contributed by atoms with van der Waals surface area (Å²) in [6.07, 6.45) is 0. The van der Waals surface area contributed by atoms with Crippen LogP contribution in [0.1, 0.15) is 15.2 Å². The molecule has 1 N–H and O–H groups in total. The molecule has 0 saturated heterocycles. The Hall–Kier alpha value is -3.46. The van der Waals surface area contributed by atoms with Gasteiger partial charge in [-0.1, -0.05) is 12.1 Å². The van der Waals surface area contributed by atoms with Gasteiger partial charge in [0.05, 0.1) is 12.0 Å². The highest BCUT2D eigenvalue weighted by Crippen LogP contribution is 2.29. The van der Waals surface area contributed by atoms with Gasteiger partial charge >= 0.3 is 5.97 Å². The number of ether oxygens (including phenoxy) is 2. The minimum absolute atomic E-state index is 0.0536. The molecule has 9 heteroatoms. The van der Waals surface area contributed by atoms with Crippen LogP contribution in [0.25, 0.3) is 10.1 Å². The Labute approximate surface area is 163 Å². The minimum atomic E-state index is -0.652. The Kier molecular flexibility index (Phi) is 5.85. The monoisotopic (exact) mass is 400 g/mol. The van der Waals surface area contributed by atoms with E-state index >= 15 is 0 Å². The summed E-state index contributed by atoms with van der Waals surface area (Å²) in [5.74, 6) is -0.406. The van der Waals surface area contributed by atoms with E-state index in [1.807, 2.05) is 12.1 Å². The van der Waals surface area contributed by atoms with Gasteiger partial charge in [-0.15, -0.1) is 11.3 Å². The van der Waals surface area contributed by atoms with Crippen LogP contribution < -0.4 is 10.1 Å². The number of nitrogens with zero attached hydrogens (tertiary/aromatic N) is 1. The molecule has 0 aliphatic carbocycles. The fourth-order valence-corrected chi connectivity index (χ4v) is 3.42. The number of nitro groups is 1. The second kappa shape index (κ2) is 8.49. The van der Waals surface area contributed by atoms with E-state index in [4.69, 9.17) is 9.47 Å². The summed E-state index contributed by atoms with van der Waals surface area (Å²) in [5.41, 5.74) is 0.798. The van der Waals surface area contributed by atoms with Crippen LogP contribution in [0.15, 0.2) is 48.5 Å². The summed E-state index contributed by atoms with van der Waals surface area (Å²) in [6.45, 7) is -0.142. The number of methoxy groups -OCH3 is 1. The average Bonchev–Trinajstić information content (AvgIpc) is 3.14. The zero-order valence-electron chi connectivity index (χ0n) is 14.8. The molecule has 3 aromatic rings. The van der Waals surface area contributed by atoms with E-state index in [1.165, 1.54) is 18.2 Å². The van der Waals surface area contributed by atoms with Crippen molar-refractivity contribution in [3.05, 3.63) is 69.1 Å². The normalized spacial score (nSPS) is 10.5. The van der Waals surface area contributed by atoms with Crippen LogP contribution in [0.2, 0.25) is 0 Å². The van der Waals surface area contributed by atoms with E-state index in [1.54, 1.807) is 25.3 Å². The average molecular weight is 400 g/mol. The van der Waals surface area contributed by atoms with Gasteiger partial charge in [0.25, 0.3) is 11.6 Å². The highest BCUT2D eigenvalue weighted by atomic mass is 32.1. The van der Waals surface area contributed by atoms with Gasteiger partial charge in [0.1, 0.15) is 10.6 Å². The first-order valence-corrected chi connectivity index (χ1v) is 9.02. The highest BCUT2D eigenvalue weighted by molar-refractivity contribution is 7.20. The van der Waals surface area contributed by atoms with Crippen LogP contribution in [0.4, 0.5) is 5.69 Å². The van der Waals surface area contributed by atoms with E-state index < -0.39 is 23.4 Å². The lowest BCUT2D eigenvalue weighted by molar-refractivity contribution is -0.384. The van der Waals surface area contributed by atoms with Crippen LogP contribution in [0, 0.1) is 10.1 Å². The number of non-ortho nitro benzene ring substituents is 1. The summed E-state index contributed by atoms with van der Waals surface area (Å²) >= 11 is 1.15. The first kappa shape index (κ1) is 19.3. The molecule has 0 aliphatic heterocycles. The molecule has 0 radical (unpaired) electrons. The zero-order valence-corrected chi connectivity index (χ0v) is 15.7. The molecule has 144 valence electrons. The van der Waals surface area contributed by atoms with Crippen molar-refractivity contribution in [1.29, 1.82) is 0 Å². The Bertz CT molecular complexity index is 1050. The molecule has 1 aromatic heterocycles. The van der Waals surface area contributed by atoms with Crippen molar-refractivity contribution < 1.29 is 24.0 Å². The van der Waals surface area contributed by atoms with Crippen LogP contribution in [0.5, 0.6) is 5.75 Å². The maximum absolute atomic E-state index is 12.2. The van der Waals surface area contributed by atoms with Crippen molar-refractivity contribution in [3.63, 3.8) is 0 Å². The quantitative estimate of drug-likeness (QED) is 0.370. The number of nitrogens with one attached hydrogen (secondary N) is 1. The molecule has 0 atom stereocenters. The van der Waals surface area contributed by atoms with Crippen molar-refractivity contribution in [3.8, 4) is 5.75 Å². The number of hydrogen-bond donors (Lipinski definition) is 1. The summed E-state index contributed by atoms with van der Waals surface area (Å²) in [7, 11) is 1.56. The fourth-order valence-electron chi connectivity index (χ4n) is 2.48. The minimum Gasteiger partial charge on any atom is -0.497 e. The topological polar surface area (TPSA) is 108 Å². The van der Waals surface area contributed by atoms with Crippen molar-refractivity contribution >= 4 is 39.0 Å². The fraction of sp³-hybridized carbons (Fsp3) is 0.158. The molecule has 3 rings (SSSR count). The lowest BCUT2D eigenvalue weighted by Crippen LogP contribution is -2.28.